The molecule has 0 radical (unpaired) electrons. The number of fused-ring (bicyclic) bond motifs is 8. The topological polar surface area (TPSA) is 82.8 Å². The summed E-state index contributed by atoms with van der Waals surface area (Å²) < 4.78 is 17.4. The minimum atomic E-state index is -0.464. The number of rotatable bonds is 1. The van der Waals surface area contributed by atoms with Gasteiger partial charge in [0.25, 0.3) is 0 Å². The second-order valence-corrected chi connectivity index (χ2v) is 6.06. The normalized spacial score (nSPS) is 25.6. The highest BCUT2D eigenvalue weighted by atomic mass is 16.5. The van der Waals surface area contributed by atoms with Crippen molar-refractivity contribution in [2.45, 2.75) is 37.8 Å². The molecule has 1 aromatic rings. The van der Waals surface area contributed by atoms with Gasteiger partial charge < -0.3 is 25.3 Å². The molecule has 0 unspecified atom stereocenters. The number of primary amides is 1. The Hall–Kier alpha value is -1.79. The van der Waals surface area contributed by atoms with E-state index in [0.29, 0.717) is 29.7 Å². The number of hydrogen-bond donors (Lipinski definition) is 2. The zero-order valence-electron chi connectivity index (χ0n) is 13.3. The van der Waals surface area contributed by atoms with Crippen LogP contribution in [0.4, 0.5) is 0 Å². The molecule has 0 aromatic heterocycles. The van der Waals surface area contributed by atoms with Gasteiger partial charge in [0.15, 0.2) is 11.5 Å². The summed E-state index contributed by atoms with van der Waals surface area (Å²) >= 11 is 0. The van der Waals surface area contributed by atoms with Gasteiger partial charge in [0.2, 0.25) is 5.91 Å². The van der Waals surface area contributed by atoms with Crippen molar-refractivity contribution in [1.29, 1.82) is 0 Å². The number of ether oxygens (including phenoxy) is 3. The fourth-order valence-electron chi connectivity index (χ4n) is 2.81. The molecule has 1 fully saturated rings. The zero-order valence-corrected chi connectivity index (χ0v) is 13.3. The Kier molecular flexibility index (Phi) is 5.35. The smallest absolute Gasteiger partial charge is 0.248 e. The van der Waals surface area contributed by atoms with E-state index in [1.54, 1.807) is 18.2 Å². The molecule has 2 heterocycles. The highest BCUT2D eigenvalue weighted by Crippen LogP contribution is 2.33. The first-order valence-electron chi connectivity index (χ1n) is 8.27. The van der Waals surface area contributed by atoms with Crippen LogP contribution in [-0.4, -0.2) is 44.4 Å². The molecule has 1 saturated carbocycles. The van der Waals surface area contributed by atoms with E-state index in [1.807, 2.05) is 0 Å². The Morgan fingerprint density at radius 3 is 2.78 bits per heavy atom. The molecule has 2 aliphatic heterocycles. The zero-order chi connectivity index (χ0) is 16.1. The van der Waals surface area contributed by atoms with E-state index in [-0.39, 0.29) is 6.10 Å². The number of benzene rings is 1. The Balaban J connectivity index is 1.71. The fourth-order valence-corrected chi connectivity index (χ4v) is 2.81. The number of carbonyl (C=O) groups is 1. The maximum Gasteiger partial charge on any atom is 0.248 e. The number of carbonyl (C=O) groups excluding carboxylic acids is 1. The monoisotopic (exact) mass is 320 g/mol. The summed E-state index contributed by atoms with van der Waals surface area (Å²) in [6.07, 6.45) is 3.95. The molecule has 1 aliphatic carbocycles. The molecule has 2 bridgehead atoms. The summed E-state index contributed by atoms with van der Waals surface area (Å²) in [5.41, 5.74) is 5.78. The highest BCUT2D eigenvalue weighted by molar-refractivity contribution is 5.93. The first-order valence-corrected chi connectivity index (χ1v) is 8.27. The van der Waals surface area contributed by atoms with E-state index in [9.17, 15) is 4.79 Å². The summed E-state index contributed by atoms with van der Waals surface area (Å²) in [7, 11) is 0. The van der Waals surface area contributed by atoms with Crippen molar-refractivity contribution in [3.05, 3.63) is 23.8 Å². The number of nitrogens with one attached hydrogen (secondary N) is 1. The Labute approximate surface area is 136 Å². The molecule has 1 aromatic carbocycles. The highest BCUT2D eigenvalue weighted by Gasteiger charge is 2.31. The van der Waals surface area contributed by atoms with Crippen LogP contribution in [0.25, 0.3) is 0 Å². The van der Waals surface area contributed by atoms with E-state index in [2.05, 4.69) is 5.32 Å². The Morgan fingerprint density at radius 1 is 1.13 bits per heavy atom. The van der Waals surface area contributed by atoms with Crippen LogP contribution in [0, 0.1) is 0 Å². The summed E-state index contributed by atoms with van der Waals surface area (Å²) in [5, 5.41) is 3.47. The minimum absolute atomic E-state index is 0.181. The molecule has 6 heteroatoms. The summed E-state index contributed by atoms with van der Waals surface area (Å²) in [6.45, 7) is 2.92. The third-order valence-corrected chi connectivity index (χ3v) is 4.24. The van der Waals surface area contributed by atoms with Crippen molar-refractivity contribution in [3.63, 3.8) is 0 Å². The van der Waals surface area contributed by atoms with Crippen LogP contribution in [-0.2, 0) is 4.74 Å². The number of nitrogens with two attached hydrogens (primary N) is 1. The van der Waals surface area contributed by atoms with Gasteiger partial charge in [-0.3, -0.25) is 4.79 Å². The summed E-state index contributed by atoms with van der Waals surface area (Å²) in [6, 6.07) is 5.61. The molecule has 0 spiro atoms. The average Bonchev–Trinajstić information content (AvgIpc) is 2.51. The molecule has 3 aliphatic rings. The fraction of sp³-hybridized carbons (Fsp3) is 0.588. The first kappa shape index (κ1) is 16.1. The third kappa shape index (κ3) is 4.36. The lowest BCUT2D eigenvalue weighted by atomic mass is 9.89. The molecular formula is C17H24N2O4. The van der Waals surface area contributed by atoms with Crippen molar-refractivity contribution in [2.75, 3.05) is 26.4 Å². The predicted molar refractivity (Wildman–Crippen MR) is 85.9 cm³/mol. The van der Waals surface area contributed by atoms with Gasteiger partial charge in [-0.2, -0.15) is 0 Å². The molecule has 3 N–H and O–H groups in total. The van der Waals surface area contributed by atoms with Crippen LogP contribution >= 0.6 is 0 Å². The standard InChI is InChI=1S/C17H24N2O4/c18-17(20)12-3-4-15-16(9-12)22-7-2-1-6-21-8-5-19-13-10-14(11-13)23-15/h3-4,9,13-14,19H,1-2,5-8,10-11H2,(H2,18,20). The van der Waals surface area contributed by atoms with Gasteiger partial charge in [0.05, 0.1) is 13.2 Å². The molecule has 0 atom stereocenters. The minimum Gasteiger partial charge on any atom is -0.490 e. The third-order valence-electron chi connectivity index (χ3n) is 4.24. The quantitative estimate of drug-likeness (QED) is 0.819. The second kappa shape index (κ2) is 7.66. The molecule has 126 valence electrons. The van der Waals surface area contributed by atoms with Gasteiger partial charge in [0.1, 0.15) is 6.10 Å². The number of amides is 1. The predicted octanol–water partition coefficient (Wildman–Crippen LogP) is 1.47. The lowest BCUT2D eigenvalue weighted by Gasteiger charge is -2.36. The van der Waals surface area contributed by atoms with E-state index >= 15 is 0 Å². The van der Waals surface area contributed by atoms with Crippen molar-refractivity contribution < 1.29 is 19.0 Å². The van der Waals surface area contributed by atoms with Crippen LogP contribution in [0.5, 0.6) is 11.5 Å². The van der Waals surface area contributed by atoms with E-state index in [1.165, 1.54) is 0 Å². The lowest BCUT2D eigenvalue weighted by molar-refractivity contribution is 0.0745. The molecule has 6 nitrogen and oxygen atoms in total. The summed E-state index contributed by atoms with van der Waals surface area (Å²) in [4.78, 5) is 11.4. The van der Waals surface area contributed by atoms with Crippen LogP contribution in [0.2, 0.25) is 0 Å². The Morgan fingerprint density at radius 2 is 1.96 bits per heavy atom. The maximum absolute atomic E-state index is 11.4. The Bertz CT molecular complexity index is 543. The summed E-state index contributed by atoms with van der Waals surface area (Å²) in [5.74, 6) is 0.812. The van der Waals surface area contributed by atoms with Crippen LogP contribution < -0.4 is 20.5 Å². The molecule has 0 saturated heterocycles. The molecular weight excluding hydrogens is 296 g/mol. The average molecular weight is 320 g/mol. The van der Waals surface area contributed by atoms with Crippen molar-refractivity contribution >= 4 is 5.91 Å². The van der Waals surface area contributed by atoms with Gasteiger partial charge in [0, 0.05) is 24.8 Å². The molecule has 1 amide bonds. The maximum atomic E-state index is 11.4. The lowest BCUT2D eigenvalue weighted by Crippen LogP contribution is -2.47. The van der Waals surface area contributed by atoms with E-state index in [4.69, 9.17) is 19.9 Å². The van der Waals surface area contributed by atoms with Gasteiger partial charge in [-0.25, -0.2) is 0 Å². The van der Waals surface area contributed by atoms with Gasteiger partial charge in [-0.05, 0) is 43.9 Å². The first-order chi connectivity index (χ1) is 11.2. The van der Waals surface area contributed by atoms with Crippen molar-refractivity contribution in [3.8, 4) is 11.5 Å². The van der Waals surface area contributed by atoms with Gasteiger partial charge >= 0.3 is 0 Å². The van der Waals surface area contributed by atoms with E-state index < -0.39 is 5.91 Å². The molecule has 23 heavy (non-hydrogen) atoms. The van der Waals surface area contributed by atoms with Crippen molar-refractivity contribution in [2.24, 2.45) is 5.73 Å². The number of hydrogen-bond acceptors (Lipinski definition) is 5. The van der Waals surface area contributed by atoms with Gasteiger partial charge in [-0.15, -0.1) is 0 Å². The van der Waals surface area contributed by atoms with Gasteiger partial charge in [-0.1, -0.05) is 0 Å². The SMILES string of the molecule is NC(=O)c1ccc2c(c1)OCCCCOCCNC1CC(C1)O2. The molecule has 4 rings (SSSR count). The largest absolute Gasteiger partial charge is 0.490 e. The van der Waals surface area contributed by atoms with E-state index in [0.717, 1.165) is 45.4 Å². The van der Waals surface area contributed by atoms with Crippen LogP contribution in [0.3, 0.4) is 0 Å². The van der Waals surface area contributed by atoms with Crippen molar-refractivity contribution in [1.82, 2.24) is 5.32 Å². The van der Waals surface area contributed by atoms with Crippen LogP contribution in [0.1, 0.15) is 36.0 Å². The second-order valence-electron chi connectivity index (χ2n) is 6.06. The van der Waals surface area contributed by atoms with Crippen LogP contribution in [0.15, 0.2) is 18.2 Å².